The molecule has 0 aromatic rings. The summed E-state index contributed by atoms with van der Waals surface area (Å²) in [5, 5.41) is 3.25. The van der Waals surface area contributed by atoms with Crippen LogP contribution in [0.2, 0.25) is 0 Å². The molecule has 1 unspecified atom stereocenters. The van der Waals surface area contributed by atoms with Crippen LogP contribution in [-0.2, 0) is 0 Å². The average molecular weight is 281 g/mol. The van der Waals surface area contributed by atoms with Gasteiger partial charge in [0.2, 0.25) is 0 Å². The molecule has 2 fully saturated rings. The molecule has 2 aliphatic rings. The summed E-state index contributed by atoms with van der Waals surface area (Å²) in [7, 11) is 0. The summed E-state index contributed by atoms with van der Waals surface area (Å²) in [5.41, 5.74) is 0. The molecule has 1 saturated carbocycles. The first kappa shape index (κ1) is 15.6. The van der Waals surface area contributed by atoms with E-state index in [1.807, 2.05) is 0 Å². The van der Waals surface area contributed by atoms with Crippen LogP contribution in [0.25, 0.3) is 0 Å². The molecule has 20 heavy (non-hydrogen) atoms. The smallest absolute Gasteiger partial charge is 0.317 e. The molecule has 116 valence electrons. The van der Waals surface area contributed by atoms with E-state index in [0.717, 1.165) is 32.5 Å². The maximum Gasteiger partial charge on any atom is 0.317 e. The van der Waals surface area contributed by atoms with Gasteiger partial charge in [-0.2, -0.15) is 0 Å². The lowest BCUT2D eigenvalue weighted by Crippen LogP contribution is -2.47. The molecule has 1 aliphatic carbocycles. The van der Waals surface area contributed by atoms with Crippen LogP contribution in [0, 0.1) is 5.92 Å². The van der Waals surface area contributed by atoms with Gasteiger partial charge >= 0.3 is 6.03 Å². The summed E-state index contributed by atoms with van der Waals surface area (Å²) in [6.07, 6.45) is 4.57. The van der Waals surface area contributed by atoms with E-state index in [-0.39, 0.29) is 6.03 Å². The zero-order chi connectivity index (χ0) is 14.7. The van der Waals surface area contributed by atoms with E-state index in [0.29, 0.717) is 24.0 Å². The maximum absolute atomic E-state index is 12.5. The first-order valence-corrected chi connectivity index (χ1v) is 8.28. The lowest BCUT2D eigenvalue weighted by atomic mass is 10.1. The lowest BCUT2D eigenvalue weighted by molar-refractivity contribution is 0.186. The summed E-state index contributed by atoms with van der Waals surface area (Å²) >= 11 is 0. The lowest BCUT2D eigenvalue weighted by Gasteiger charge is -2.26. The van der Waals surface area contributed by atoms with Crippen LogP contribution in [0.5, 0.6) is 0 Å². The Morgan fingerprint density at radius 1 is 1.25 bits per heavy atom. The monoisotopic (exact) mass is 281 g/mol. The van der Waals surface area contributed by atoms with E-state index in [4.69, 9.17) is 0 Å². The molecule has 0 spiro atoms. The van der Waals surface area contributed by atoms with Crippen LogP contribution in [0.15, 0.2) is 0 Å². The maximum atomic E-state index is 12.5. The molecule has 0 aromatic carbocycles. The highest BCUT2D eigenvalue weighted by molar-refractivity contribution is 5.75. The second kappa shape index (κ2) is 6.79. The molecule has 4 nitrogen and oxygen atoms in total. The number of hydrogen-bond donors (Lipinski definition) is 1. The SMILES string of the molecule is CC(C)CCN(C(=O)NC1CCN(C(C)C)C1)C1CC1. The number of nitrogens with zero attached hydrogens (tertiary/aromatic N) is 2. The topological polar surface area (TPSA) is 35.6 Å². The number of urea groups is 1. The molecule has 0 radical (unpaired) electrons. The second-order valence-electron chi connectivity index (χ2n) is 7.13. The van der Waals surface area contributed by atoms with Crippen LogP contribution in [0.3, 0.4) is 0 Å². The van der Waals surface area contributed by atoms with Crippen LogP contribution in [0.4, 0.5) is 4.79 Å². The molecule has 1 saturated heterocycles. The second-order valence-corrected chi connectivity index (χ2v) is 7.13. The number of hydrogen-bond acceptors (Lipinski definition) is 2. The van der Waals surface area contributed by atoms with Crippen molar-refractivity contribution >= 4 is 6.03 Å². The summed E-state index contributed by atoms with van der Waals surface area (Å²) in [4.78, 5) is 17.0. The zero-order valence-corrected chi connectivity index (χ0v) is 13.6. The van der Waals surface area contributed by atoms with E-state index in [1.54, 1.807) is 0 Å². The van der Waals surface area contributed by atoms with Gasteiger partial charge in [0.25, 0.3) is 0 Å². The molecule has 0 aromatic heterocycles. The summed E-state index contributed by atoms with van der Waals surface area (Å²) in [6, 6.07) is 1.60. The number of rotatable bonds is 6. The minimum atomic E-state index is 0.170. The van der Waals surface area contributed by atoms with Gasteiger partial charge in [0, 0.05) is 37.8 Å². The fourth-order valence-electron chi connectivity index (χ4n) is 2.87. The number of nitrogens with one attached hydrogen (secondary N) is 1. The Balaban J connectivity index is 1.80. The number of carbonyl (C=O) groups excluding carboxylic acids is 1. The third-order valence-electron chi connectivity index (χ3n) is 4.47. The molecule has 1 aliphatic heterocycles. The minimum absolute atomic E-state index is 0.170. The van der Waals surface area contributed by atoms with Crippen molar-refractivity contribution in [2.75, 3.05) is 19.6 Å². The van der Waals surface area contributed by atoms with Gasteiger partial charge in [-0.15, -0.1) is 0 Å². The highest BCUT2D eigenvalue weighted by Crippen LogP contribution is 2.27. The van der Waals surface area contributed by atoms with Crippen molar-refractivity contribution in [3.63, 3.8) is 0 Å². The Labute approximate surface area is 123 Å². The van der Waals surface area contributed by atoms with Crippen LogP contribution in [0.1, 0.15) is 53.4 Å². The molecular weight excluding hydrogens is 250 g/mol. The van der Waals surface area contributed by atoms with Crippen molar-refractivity contribution in [1.29, 1.82) is 0 Å². The molecule has 1 atom stereocenters. The quantitative estimate of drug-likeness (QED) is 0.812. The highest BCUT2D eigenvalue weighted by Gasteiger charge is 2.34. The van der Waals surface area contributed by atoms with E-state index >= 15 is 0 Å². The van der Waals surface area contributed by atoms with Crippen molar-refractivity contribution in [1.82, 2.24) is 15.1 Å². The van der Waals surface area contributed by atoms with E-state index in [9.17, 15) is 4.79 Å². The Hall–Kier alpha value is -0.770. The van der Waals surface area contributed by atoms with Gasteiger partial charge in [0.15, 0.2) is 0 Å². The van der Waals surface area contributed by atoms with Gasteiger partial charge < -0.3 is 10.2 Å². The molecule has 2 amide bonds. The molecule has 4 heteroatoms. The van der Waals surface area contributed by atoms with E-state index in [1.165, 1.54) is 12.8 Å². The largest absolute Gasteiger partial charge is 0.334 e. The summed E-state index contributed by atoms with van der Waals surface area (Å²) < 4.78 is 0. The standard InChI is InChI=1S/C16H31N3O/c1-12(2)7-10-19(15-5-6-15)16(20)17-14-8-9-18(11-14)13(3)4/h12-15H,5-11H2,1-4H3,(H,17,20). The number of likely N-dealkylation sites (tertiary alicyclic amines) is 1. The van der Waals surface area contributed by atoms with Gasteiger partial charge in [0.05, 0.1) is 0 Å². The Kier molecular flexibility index (Phi) is 5.30. The average Bonchev–Trinajstić information content (AvgIpc) is 3.08. The predicted molar refractivity (Wildman–Crippen MR) is 82.8 cm³/mol. The van der Waals surface area contributed by atoms with Crippen molar-refractivity contribution < 1.29 is 4.79 Å². The van der Waals surface area contributed by atoms with Gasteiger partial charge in [-0.3, -0.25) is 4.90 Å². The summed E-state index contributed by atoms with van der Waals surface area (Å²) in [5.74, 6) is 0.659. The predicted octanol–water partition coefficient (Wildman–Crippen LogP) is 2.69. The third-order valence-corrected chi connectivity index (χ3v) is 4.47. The van der Waals surface area contributed by atoms with E-state index < -0.39 is 0 Å². The molecule has 0 bridgehead atoms. The van der Waals surface area contributed by atoms with Crippen molar-refractivity contribution in [2.45, 2.75) is 71.5 Å². The number of carbonyl (C=O) groups is 1. The van der Waals surface area contributed by atoms with Crippen LogP contribution in [-0.4, -0.2) is 53.6 Å². The van der Waals surface area contributed by atoms with Gasteiger partial charge in [0.1, 0.15) is 0 Å². The third kappa shape index (κ3) is 4.37. The van der Waals surface area contributed by atoms with Crippen molar-refractivity contribution in [3.8, 4) is 0 Å². The fraction of sp³-hybridized carbons (Fsp3) is 0.938. The Bertz CT molecular complexity index is 326. The first-order chi connectivity index (χ1) is 9.47. The van der Waals surface area contributed by atoms with Gasteiger partial charge in [-0.25, -0.2) is 4.79 Å². The van der Waals surface area contributed by atoms with Crippen molar-refractivity contribution in [3.05, 3.63) is 0 Å². The van der Waals surface area contributed by atoms with Gasteiger partial charge in [-0.05, 0) is 45.4 Å². The van der Waals surface area contributed by atoms with Crippen LogP contribution < -0.4 is 5.32 Å². The van der Waals surface area contributed by atoms with Crippen LogP contribution >= 0.6 is 0 Å². The molecule has 1 heterocycles. The fourth-order valence-corrected chi connectivity index (χ4v) is 2.87. The Morgan fingerprint density at radius 2 is 1.95 bits per heavy atom. The van der Waals surface area contributed by atoms with Gasteiger partial charge in [-0.1, -0.05) is 13.8 Å². The van der Waals surface area contributed by atoms with E-state index in [2.05, 4.69) is 42.8 Å². The number of amides is 2. The highest BCUT2D eigenvalue weighted by atomic mass is 16.2. The minimum Gasteiger partial charge on any atom is -0.334 e. The van der Waals surface area contributed by atoms with Crippen molar-refractivity contribution in [2.24, 2.45) is 5.92 Å². The normalized spacial score (nSPS) is 23.6. The molecular formula is C16H31N3O. The molecule has 1 N–H and O–H groups in total. The zero-order valence-electron chi connectivity index (χ0n) is 13.6. The first-order valence-electron chi connectivity index (χ1n) is 8.28. The Morgan fingerprint density at radius 3 is 2.45 bits per heavy atom. The molecule has 2 rings (SSSR count). The summed E-state index contributed by atoms with van der Waals surface area (Å²) in [6.45, 7) is 11.9.